The van der Waals surface area contributed by atoms with E-state index in [9.17, 15) is 18.0 Å². The Bertz CT molecular complexity index is 1100. The maximum absolute atomic E-state index is 13.0. The van der Waals surface area contributed by atoms with E-state index in [1.165, 1.54) is 43.6 Å². The number of para-hydroxylation sites is 1. The standard InChI is InChI=1S/C19H17N3O6S/c1-22(14-7-3-2-4-8-14)29(25,26)16-10-6-5-9-15(16)19(24)27-13-18(23)20-17-11-12-28-21-17/h2-12H,13H2,1H3,(H,20,21,23). The molecule has 0 aliphatic rings. The number of esters is 1. The smallest absolute Gasteiger partial charge is 0.340 e. The molecule has 0 saturated carbocycles. The summed E-state index contributed by atoms with van der Waals surface area (Å²) in [6, 6.07) is 15.5. The number of nitrogens with zero attached hydrogens (tertiary/aromatic N) is 2. The summed E-state index contributed by atoms with van der Waals surface area (Å²) in [7, 11) is -2.65. The molecule has 0 bridgehead atoms. The van der Waals surface area contributed by atoms with Crippen molar-refractivity contribution in [2.24, 2.45) is 0 Å². The fraction of sp³-hybridized carbons (Fsp3) is 0.105. The number of sulfonamides is 1. The van der Waals surface area contributed by atoms with Crippen LogP contribution in [-0.2, 0) is 19.6 Å². The molecule has 10 heteroatoms. The minimum Gasteiger partial charge on any atom is -0.452 e. The highest BCUT2D eigenvalue weighted by Crippen LogP contribution is 2.24. The predicted octanol–water partition coefficient (Wildman–Crippen LogP) is 2.30. The van der Waals surface area contributed by atoms with Crippen LogP contribution in [-0.4, -0.2) is 39.1 Å². The molecule has 29 heavy (non-hydrogen) atoms. The van der Waals surface area contributed by atoms with E-state index >= 15 is 0 Å². The van der Waals surface area contributed by atoms with Crippen molar-refractivity contribution in [3.05, 3.63) is 72.5 Å². The van der Waals surface area contributed by atoms with Crippen molar-refractivity contribution < 1.29 is 27.3 Å². The SMILES string of the molecule is CN(c1ccccc1)S(=O)(=O)c1ccccc1C(=O)OCC(=O)Nc1ccon1. The van der Waals surface area contributed by atoms with Crippen molar-refractivity contribution >= 4 is 33.4 Å². The summed E-state index contributed by atoms with van der Waals surface area (Å²) in [6.45, 7) is -0.616. The number of anilines is 2. The molecule has 0 saturated heterocycles. The Hall–Kier alpha value is -3.66. The Morgan fingerprint density at radius 3 is 2.45 bits per heavy atom. The van der Waals surface area contributed by atoms with E-state index < -0.39 is 28.5 Å². The Labute approximate surface area is 166 Å². The zero-order chi connectivity index (χ0) is 20.9. The zero-order valence-electron chi connectivity index (χ0n) is 15.3. The summed E-state index contributed by atoms with van der Waals surface area (Å²) in [5.74, 6) is -1.42. The number of hydrogen-bond donors (Lipinski definition) is 1. The first-order valence-electron chi connectivity index (χ1n) is 8.40. The maximum atomic E-state index is 13.0. The molecule has 0 atom stereocenters. The van der Waals surface area contributed by atoms with Crippen LogP contribution in [0.25, 0.3) is 0 Å². The van der Waals surface area contributed by atoms with E-state index in [-0.39, 0.29) is 16.3 Å². The van der Waals surface area contributed by atoms with Gasteiger partial charge in [0.05, 0.1) is 11.3 Å². The number of carbonyl (C=O) groups excluding carboxylic acids is 2. The monoisotopic (exact) mass is 415 g/mol. The summed E-state index contributed by atoms with van der Waals surface area (Å²) >= 11 is 0. The maximum Gasteiger partial charge on any atom is 0.340 e. The van der Waals surface area contributed by atoms with Gasteiger partial charge in [0.2, 0.25) is 0 Å². The van der Waals surface area contributed by atoms with Gasteiger partial charge >= 0.3 is 5.97 Å². The molecule has 150 valence electrons. The second kappa shape index (κ2) is 8.57. The molecule has 0 fully saturated rings. The van der Waals surface area contributed by atoms with Crippen LogP contribution in [0.5, 0.6) is 0 Å². The second-order valence-corrected chi connectivity index (χ2v) is 7.75. The first kappa shape index (κ1) is 20.1. The minimum absolute atomic E-state index is 0.165. The van der Waals surface area contributed by atoms with E-state index in [4.69, 9.17) is 4.74 Å². The van der Waals surface area contributed by atoms with Crippen molar-refractivity contribution in [3.63, 3.8) is 0 Å². The van der Waals surface area contributed by atoms with Crippen LogP contribution in [0.3, 0.4) is 0 Å². The van der Waals surface area contributed by atoms with E-state index in [1.807, 2.05) is 0 Å². The van der Waals surface area contributed by atoms with E-state index in [0.29, 0.717) is 5.69 Å². The number of nitrogens with one attached hydrogen (secondary N) is 1. The number of hydrogen-bond acceptors (Lipinski definition) is 7. The Morgan fingerprint density at radius 1 is 1.07 bits per heavy atom. The fourth-order valence-corrected chi connectivity index (χ4v) is 3.82. The van der Waals surface area contributed by atoms with Crippen molar-refractivity contribution in [2.45, 2.75) is 4.90 Å². The Balaban J connectivity index is 1.77. The summed E-state index contributed by atoms with van der Waals surface area (Å²) in [5.41, 5.74) is 0.257. The lowest BCUT2D eigenvalue weighted by atomic mass is 10.2. The first-order valence-corrected chi connectivity index (χ1v) is 9.84. The average Bonchev–Trinajstić information content (AvgIpc) is 3.25. The van der Waals surface area contributed by atoms with Gasteiger partial charge in [-0.1, -0.05) is 35.5 Å². The molecule has 0 radical (unpaired) electrons. The highest BCUT2D eigenvalue weighted by atomic mass is 32.2. The molecule has 0 aliphatic heterocycles. The number of carbonyl (C=O) groups is 2. The van der Waals surface area contributed by atoms with Gasteiger partial charge in [0.1, 0.15) is 11.2 Å². The molecule has 3 rings (SSSR count). The van der Waals surface area contributed by atoms with Crippen molar-refractivity contribution in [3.8, 4) is 0 Å². The number of ether oxygens (including phenoxy) is 1. The summed E-state index contributed by atoms with van der Waals surface area (Å²) in [6.07, 6.45) is 1.27. The lowest BCUT2D eigenvalue weighted by molar-refractivity contribution is -0.119. The van der Waals surface area contributed by atoms with Crippen LogP contribution in [0.4, 0.5) is 11.5 Å². The van der Waals surface area contributed by atoms with Crippen LogP contribution >= 0.6 is 0 Å². The average molecular weight is 415 g/mol. The molecule has 1 amide bonds. The molecule has 0 spiro atoms. The number of benzene rings is 2. The van der Waals surface area contributed by atoms with Gasteiger partial charge in [-0.2, -0.15) is 0 Å². The van der Waals surface area contributed by atoms with Gasteiger partial charge in [0.15, 0.2) is 12.4 Å². The first-order chi connectivity index (χ1) is 13.9. The van der Waals surface area contributed by atoms with Gasteiger partial charge in [-0.25, -0.2) is 13.2 Å². The molecule has 9 nitrogen and oxygen atoms in total. The van der Waals surface area contributed by atoms with E-state index in [1.54, 1.807) is 30.3 Å². The molecule has 3 aromatic rings. The summed E-state index contributed by atoms with van der Waals surface area (Å²) in [5, 5.41) is 5.87. The lowest BCUT2D eigenvalue weighted by Crippen LogP contribution is -2.28. The number of rotatable bonds is 7. The van der Waals surface area contributed by atoms with Crippen LogP contribution in [0.15, 0.2) is 76.3 Å². The van der Waals surface area contributed by atoms with Gasteiger partial charge in [0.25, 0.3) is 15.9 Å². The predicted molar refractivity (Wildman–Crippen MR) is 104 cm³/mol. The molecular formula is C19H17N3O6S. The van der Waals surface area contributed by atoms with Gasteiger partial charge in [0, 0.05) is 13.1 Å². The zero-order valence-corrected chi connectivity index (χ0v) is 16.1. The van der Waals surface area contributed by atoms with Gasteiger partial charge < -0.3 is 14.6 Å². The second-order valence-electron chi connectivity index (χ2n) is 5.81. The molecular weight excluding hydrogens is 398 g/mol. The molecule has 0 aliphatic carbocycles. The summed E-state index contributed by atoms with van der Waals surface area (Å²) in [4.78, 5) is 24.1. The molecule has 1 aromatic heterocycles. The van der Waals surface area contributed by atoms with E-state index in [0.717, 1.165) is 4.31 Å². The van der Waals surface area contributed by atoms with Crippen LogP contribution in [0.2, 0.25) is 0 Å². The third-order valence-electron chi connectivity index (χ3n) is 3.90. The summed E-state index contributed by atoms with van der Waals surface area (Å²) < 4.78 is 36.7. The quantitative estimate of drug-likeness (QED) is 0.588. The van der Waals surface area contributed by atoms with Crippen molar-refractivity contribution in [2.75, 3.05) is 23.3 Å². The third kappa shape index (κ3) is 4.61. The number of amides is 1. The Kier molecular flexibility index (Phi) is 5.93. The Morgan fingerprint density at radius 2 is 1.76 bits per heavy atom. The van der Waals surface area contributed by atoms with E-state index in [2.05, 4.69) is 15.0 Å². The van der Waals surface area contributed by atoms with Crippen molar-refractivity contribution in [1.29, 1.82) is 0 Å². The molecule has 1 heterocycles. The fourth-order valence-electron chi connectivity index (χ4n) is 2.45. The number of aromatic nitrogens is 1. The van der Waals surface area contributed by atoms with Crippen molar-refractivity contribution in [1.82, 2.24) is 5.16 Å². The molecule has 1 N–H and O–H groups in total. The van der Waals surface area contributed by atoms with Gasteiger partial charge in [-0.15, -0.1) is 0 Å². The molecule has 0 unspecified atom stereocenters. The normalized spacial score (nSPS) is 10.9. The highest BCUT2D eigenvalue weighted by Gasteiger charge is 2.27. The van der Waals surface area contributed by atoms with Gasteiger partial charge in [-0.3, -0.25) is 9.10 Å². The largest absolute Gasteiger partial charge is 0.452 e. The highest BCUT2D eigenvalue weighted by molar-refractivity contribution is 7.92. The van der Waals surface area contributed by atoms with Crippen LogP contribution in [0, 0.1) is 0 Å². The molecule has 2 aromatic carbocycles. The van der Waals surface area contributed by atoms with Gasteiger partial charge in [-0.05, 0) is 24.3 Å². The topological polar surface area (TPSA) is 119 Å². The van der Waals surface area contributed by atoms with Crippen LogP contribution < -0.4 is 9.62 Å². The van der Waals surface area contributed by atoms with Crippen LogP contribution in [0.1, 0.15) is 10.4 Å². The third-order valence-corrected chi connectivity index (χ3v) is 5.75. The minimum atomic E-state index is -4.04. The lowest BCUT2D eigenvalue weighted by Gasteiger charge is -2.20.